The number of ether oxygens (including phenoxy) is 2. The highest BCUT2D eigenvalue weighted by molar-refractivity contribution is 5.75. The van der Waals surface area contributed by atoms with Crippen LogP contribution in [0.15, 0.2) is 12.1 Å². The highest BCUT2D eigenvalue weighted by Crippen LogP contribution is 2.25. The van der Waals surface area contributed by atoms with Crippen molar-refractivity contribution in [2.24, 2.45) is 0 Å². The van der Waals surface area contributed by atoms with Crippen molar-refractivity contribution < 1.29 is 19.1 Å². The summed E-state index contributed by atoms with van der Waals surface area (Å²) in [6, 6.07) is 3.63. The summed E-state index contributed by atoms with van der Waals surface area (Å²) >= 11 is 0. The van der Waals surface area contributed by atoms with E-state index in [0.717, 1.165) is 22.4 Å². The van der Waals surface area contributed by atoms with Crippen LogP contribution in [0.1, 0.15) is 23.1 Å². The lowest BCUT2D eigenvalue weighted by molar-refractivity contribution is -0.140. The first-order chi connectivity index (χ1) is 9.95. The molecule has 0 saturated carbocycles. The van der Waals surface area contributed by atoms with E-state index in [-0.39, 0.29) is 31.7 Å². The van der Waals surface area contributed by atoms with Crippen LogP contribution in [0.2, 0.25) is 0 Å². The second-order valence-electron chi connectivity index (χ2n) is 4.70. The van der Waals surface area contributed by atoms with Gasteiger partial charge in [-0.25, -0.2) is 4.79 Å². The molecule has 2 amide bonds. The Hall–Kier alpha value is -2.24. The van der Waals surface area contributed by atoms with Crippen molar-refractivity contribution in [3.8, 4) is 5.75 Å². The SMILES string of the molecule is COC(=O)CCNC(=O)NCOc1c(C)ccc(C)c1C. The number of rotatable bonds is 6. The van der Waals surface area contributed by atoms with Gasteiger partial charge in [-0.3, -0.25) is 4.79 Å². The number of nitrogens with one attached hydrogen (secondary N) is 2. The molecule has 0 fully saturated rings. The second-order valence-corrected chi connectivity index (χ2v) is 4.70. The van der Waals surface area contributed by atoms with Gasteiger partial charge in [0.05, 0.1) is 13.5 Å². The Morgan fingerprint density at radius 3 is 2.43 bits per heavy atom. The van der Waals surface area contributed by atoms with Crippen LogP contribution >= 0.6 is 0 Å². The minimum Gasteiger partial charge on any atom is -0.473 e. The standard InChI is InChI=1S/C15H22N2O4/c1-10-5-6-11(2)14(12(10)3)21-9-17-15(19)16-8-7-13(18)20-4/h5-6H,7-9H2,1-4H3,(H2,16,17,19). The van der Waals surface area contributed by atoms with Gasteiger partial charge >= 0.3 is 12.0 Å². The van der Waals surface area contributed by atoms with E-state index in [0.29, 0.717) is 0 Å². The zero-order valence-electron chi connectivity index (χ0n) is 12.9. The molecule has 0 aliphatic carbocycles. The Bertz CT molecular complexity index is 515. The lowest BCUT2D eigenvalue weighted by Crippen LogP contribution is -2.38. The van der Waals surface area contributed by atoms with Crippen LogP contribution in [0, 0.1) is 20.8 Å². The Labute approximate surface area is 124 Å². The van der Waals surface area contributed by atoms with Crippen LogP contribution < -0.4 is 15.4 Å². The zero-order valence-corrected chi connectivity index (χ0v) is 12.9. The molecule has 116 valence electrons. The van der Waals surface area contributed by atoms with Crippen molar-refractivity contribution >= 4 is 12.0 Å². The molecule has 0 aliphatic rings. The van der Waals surface area contributed by atoms with Crippen LogP contribution in [-0.2, 0) is 9.53 Å². The first-order valence-corrected chi connectivity index (χ1v) is 6.73. The molecule has 0 spiro atoms. The van der Waals surface area contributed by atoms with E-state index in [9.17, 15) is 9.59 Å². The highest BCUT2D eigenvalue weighted by Gasteiger charge is 2.07. The van der Waals surface area contributed by atoms with Gasteiger partial charge < -0.3 is 20.1 Å². The number of methoxy groups -OCH3 is 1. The van der Waals surface area contributed by atoms with E-state index >= 15 is 0 Å². The predicted molar refractivity (Wildman–Crippen MR) is 79.3 cm³/mol. The van der Waals surface area contributed by atoms with E-state index < -0.39 is 0 Å². The predicted octanol–water partition coefficient (Wildman–Crippen LogP) is 1.81. The summed E-state index contributed by atoms with van der Waals surface area (Å²) in [5.41, 5.74) is 3.21. The number of amides is 2. The van der Waals surface area contributed by atoms with E-state index in [1.807, 2.05) is 32.9 Å². The van der Waals surface area contributed by atoms with Gasteiger partial charge in [0, 0.05) is 6.54 Å². The average molecular weight is 294 g/mol. The van der Waals surface area contributed by atoms with E-state index in [1.54, 1.807) is 0 Å². The van der Waals surface area contributed by atoms with Gasteiger partial charge in [-0.1, -0.05) is 12.1 Å². The third kappa shape index (κ3) is 5.33. The molecule has 1 rings (SSSR count). The summed E-state index contributed by atoms with van der Waals surface area (Å²) in [4.78, 5) is 22.4. The molecule has 0 aliphatic heterocycles. The number of urea groups is 1. The molecule has 21 heavy (non-hydrogen) atoms. The third-order valence-electron chi connectivity index (χ3n) is 3.17. The molecule has 2 N–H and O–H groups in total. The van der Waals surface area contributed by atoms with Crippen molar-refractivity contribution in [2.45, 2.75) is 27.2 Å². The Morgan fingerprint density at radius 2 is 1.76 bits per heavy atom. The Morgan fingerprint density at radius 1 is 1.10 bits per heavy atom. The summed E-state index contributed by atoms with van der Waals surface area (Å²) < 4.78 is 10.1. The van der Waals surface area contributed by atoms with Crippen LogP contribution in [0.3, 0.4) is 0 Å². The average Bonchev–Trinajstić information content (AvgIpc) is 2.46. The number of benzene rings is 1. The molecule has 0 radical (unpaired) electrons. The molecule has 1 aromatic carbocycles. The number of hydrogen-bond acceptors (Lipinski definition) is 4. The van der Waals surface area contributed by atoms with Crippen LogP contribution in [-0.4, -0.2) is 32.4 Å². The smallest absolute Gasteiger partial charge is 0.317 e. The zero-order chi connectivity index (χ0) is 15.8. The lowest BCUT2D eigenvalue weighted by atomic mass is 10.1. The molecule has 0 aromatic heterocycles. The third-order valence-corrected chi connectivity index (χ3v) is 3.17. The minimum atomic E-state index is -0.387. The molecular formula is C15H22N2O4. The molecule has 0 heterocycles. The molecule has 0 bridgehead atoms. The minimum absolute atomic E-state index is 0.0647. The number of carbonyl (C=O) groups excluding carboxylic acids is 2. The first-order valence-electron chi connectivity index (χ1n) is 6.73. The molecule has 1 aromatic rings. The quantitative estimate of drug-likeness (QED) is 0.619. The number of carbonyl (C=O) groups is 2. The van der Waals surface area contributed by atoms with E-state index in [1.165, 1.54) is 7.11 Å². The Kier molecular flexibility index (Phi) is 6.52. The summed E-state index contributed by atoms with van der Waals surface area (Å²) in [5.74, 6) is 0.419. The highest BCUT2D eigenvalue weighted by atomic mass is 16.5. The molecule has 6 heteroatoms. The Balaban J connectivity index is 2.35. The van der Waals surface area contributed by atoms with Gasteiger partial charge in [-0.05, 0) is 37.5 Å². The fourth-order valence-electron chi connectivity index (χ4n) is 1.76. The molecule has 0 atom stereocenters. The van der Waals surface area contributed by atoms with Gasteiger partial charge in [-0.2, -0.15) is 0 Å². The van der Waals surface area contributed by atoms with Crippen LogP contribution in [0.25, 0.3) is 0 Å². The molecule has 0 unspecified atom stereocenters. The monoisotopic (exact) mass is 294 g/mol. The number of hydrogen-bond donors (Lipinski definition) is 2. The van der Waals surface area contributed by atoms with Crippen LogP contribution in [0.4, 0.5) is 4.79 Å². The molecule has 6 nitrogen and oxygen atoms in total. The van der Waals surface area contributed by atoms with Crippen molar-refractivity contribution in [1.82, 2.24) is 10.6 Å². The van der Waals surface area contributed by atoms with Crippen molar-refractivity contribution in [3.63, 3.8) is 0 Å². The van der Waals surface area contributed by atoms with Gasteiger partial charge in [0.2, 0.25) is 0 Å². The van der Waals surface area contributed by atoms with E-state index in [2.05, 4.69) is 15.4 Å². The largest absolute Gasteiger partial charge is 0.473 e. The van der Waals surface area contributed by atoms with Crippen molar-refractivity contribution in [1.29, 1.82) is 0 Å². The maximum atomic E-state index is 11.5. The van der Waals surface area contributed by atoms with E-state index in [4.69, 9.17) is 4.74 Å². The molecular weight excluding hydrogens is 272 g/mol. The van der Waals surface area contributed by atoms with Gasteiger partial charge in [0.25, 0.3) is 0 Å². The first kappa shape index (κ1) is 16.8. The topological polar surface area (TPSA) is 76.7 Å². The van der Waals surface area contributed by atoms with Gasteiger partial charge in [0.15, 0.2) is 6.73 Å². The van der Waals surface area contributed by atoms with Gasteiger partial charge in [-0.15, -0.1) is 0 Å². The fraction of sp³-hybridized carbons (Fsp3) is 0.467. The number of esters is 1. The molecule has 0 saturated heterocycles. The van der Waals surface area contributed by atoms with Crippen LogP contribution in [0.5, 0.6) is 5.75 Å². The second kappa shape index (κ2) is 8.14. The van der Waals surface area contributed by atoms with Crippen molar-refractivity contribution in [2.75, 3.05) is 20.4 Å². The van der Waals surface area contributed by atoms with Gasteiger partial charge in [0.1, 0.15) is 5.75 Å². The maximum absolute atomic E-state index is 11.5. The number of aryl methyl sites for hydroxylation is 2. The summed E-state index contributed by atoms with van der Waals surface area (Å²) in [6.07, 6.45) is 0.140. The maximum Gasteiger partial charge on any atom is 0.317 e. The fourth-order valence-corrected chi connectivity index (χ4v) is 1.76. The summed E-state index contributed by atoms with van der Waals surface area (Å²) in [6.45, 7) is 6.23. The summed E-state index contributed by atoms with van der Waals surface area (Å²) in [7, 11) is 1.31. The van der Waals surface area contributed by atoms with Crippen molar-refractivity contribution in [3.05, 3.63) is 28.8 Å². The normalized spacial score (nSPS) is 9.90. The summed E-state index contributed by atoms with van der Waals surface area (Å²) in [5, 5.41) is 5.12. The lowest BCUT2D eigenvalue weighted by Gasteiger charge is -2.14.